The summed E-state index contributed by atoms with van der Waals surface area (Å²) in [6.07, 6.45) is 0. The van der Waals surface area contributed by atoms with Crippen LogP contribution in [0.1, 0.15) is 10.6 Å². The number of fused-ring (bicyclic) bond motifs is 1. The molecule has 0 aliphatic heterocycles. The first-order valence-electron chi connectivity index (χ1n) is 7.62. The van der Waals surface area contributed by atoms with Gasteiger partial charge in [-0.1, -0.05) is 22.9 Å². The van der Waals surface area contributed by atoms with Crippen LogP contribution in [0.15, 0.2) is 34.7 Å². The molecule has 27 heavy (non-hydrogen) atoms. The number of anilines is 1. The summed E-state index contributed by atoms with van der Waals surface area (Å²) in [5, 5.41) is 11.9. The van der Waals surface area contributed by atoms with Crippen LogP contribution in [-0.4, -0.2) is 47.9 Å². The highest BCUT2D eigenvalue weighted by Crippen LogP contribution is 2.32. The molecule has 0 saturated heterocycles. The third-order valence-electron chi connectivity index (χ3n) is 3.57. The zero-order chi connectivity index (χ0) is 18.8. The van der Waals surface area contributed by atoms with E-state index in [2.05, 4.69) is 4.98 Å². The van der Waals surface area contributed by atoms with Gasteiger partial charge in [0.1, 0.15) is 4.92 Å². The molecular weight excluding hydrogens is 415 g/mol. The molecule has 3 rings (SSSR count). The third-order valence-corrected chi connectivity index (χ3v) is 4.84. The number of benzene rings is 1. The van der Waals surface area contributed by atoms with Gasteiger partial charge in [-0.05, 0) is 38.4 Å². The number of thiazole rings is 1. The van der Waals surface area contributed by atoms with Gasteiger partial charge < -0.3 is 9.32 Å². The second-order valence-electron chi connectivity index (χ2n) is 5.76. The average Bonchev–Trinajstić information content (AvgIpc) is 3.20. The van der Waals surface area contributed by atoms with Crippen molar-refractivity contribution >= 4 is 62.5 Å². The maximum absolute atomic E-state index is 12.9. The first-order valence-corrected chi connectivity index (χ1v) is 8.81. The van der Waals surface area contributed by atoms with E-state index in [1.807, 2.05) is 19.0 Å². The molecule has 144 valence electrons. The second kappa shape index (κ2) is 8.66. The number of aromatic nitrogens is 1. The van der Waals surface area contributed by atoms with Crippen LogP contribution in [0.25, 0.3) is 10.2 Å². The summed E-state index contributed by atoms with van der Waals surface area (Å²) >= 11 is 7.34. The fourth-order valence-electron chi connectivity index (χ4n) is 2.26. The molecule has 0 spiro atoms. The van der Waals surface area contributed by atoms with E-state index < -0.39 is 16.7 Å². The third kappa shape index (κ3) is 4.75. The van der Waals surface area contributed by atoms with Crippen molar-refractivity contribution in [3.05, 3.63) is 51.2 Å². The Morgan fingerprint density at radius 2 is 2.04 bits per heavy atom. The van der Waals surface area contributed by atoms with Crippen molar-refractivity contribution in [2.75, 3.05) is 32.1 Å². The van der Waals surface area contributed by atoms with Crippen LogP contribution < -0.4 is 4.90 Å². The van der Waals surface area contributed by atoms with Gasteiger partial charge in [-0.3, -0.25) is 19.8 Å². The topological polar surface area (TPSA) is 92.7 Å². The molecule has 8 nitrogen and oxygen atoms in total. The molecule has 0 fully saturated rings. The van der Waals surface area contributed by atoms with E-state index in [0.717, 1.165) is 16.3 Å². The van der Waals surface area contributed by atoms with E-state index in [-0.39, 0.29) is 18.2 Å². The first kappa shape index (κ1) is 21.1. The highest BCUT2D eigenvalue weighted by molar-refractivity contribution is 7.22. The van der Waals surface area contributed by atoms with Crippen LogP contribution in [0.5, 0.6) is 0 Å². The lowest BCUT2D eigenvalue weighted by molar-refractivity contribution is -0.402. The Kier molecular flexibility index (Phi) is 6.77. The Morgan fingerprint density at radius 1 is 1.30 bits per heavy atom. The number of carbonyl (C=O) groups excluding carboxylic acids is 1. The van der Waals surface area contributed by atoms with Gasteiger partial charge in [0, 0.05) is 18.1 Å². The maximum atomic E-state index is 12.9. The van der Waals surface area contributed by atoms with E-state index in [9.17, 15) is 14.9 Å². The molecule has 0 aliphatic rings. The number of hydrogen-bond acceptors (Lipinski definition) is 7. The normalized spacial score (nSPS) is 10.8. The standard InChI is InChI=1S/C16H15ClN4O4S.ClH/c1-19(2)7-8-20(15(22)12-5-6-14(25-12)21(23)24)16-18-11-4-3-10(17)9-13(11)26-16;/h3-6,9H,7-8H2,1-2H3;1H. The molecule has 3 aromatic rings. The summed E-state index contributed by atoms with van der Waals surface area (Å²) in [5.74, 6) is -1.06. The molecule has 2 heterocycles. The predicted octanol–water partition coefficient (Wildman–Crippen LogP) is 4.08. The minimum absolute atomic E-state index is 0. The van der Waals surface area contributed by atoms with Crippen molar-refractivity contribution in [3.8, 4) is 0 Å². The molecule has 11 heteroatoms. The van der Waals surface area contributed by atoms with Gasteiger partial charge >= 0.3 is 5.88 Å². The number of rotatable bonds is 6. The van der Waals surface area contributed by atoms with E-state index in [4.69, 9.17) is 16.0 Å². The van der Waals surface area contributed by atoms with Crippen LogP contribution >= 0.6 is 35.3 Å². The van der Waals surface area contributed by atoms with E-state index in [0.29, 0.717) is 23.2 Å². The van der Waals surface area contributed by atoms with Gasteiger partial charge in [0.2, 0.25) is 0 Å². The Labute approximate surface area is 169 Å². The van der Waals surface area contributed by atoms with Gasteiger partial charge in [-0.15, -0.1) is 12.4 Å². The van der Waals surface area contributed by atoms with Gasteiger partial charge in [0.05, 0.1) is 16.3 Å². The Bertz CT molecular complexity index is 972. The Morgan fingerprint density at radius 3 is 2.67 bits per heavy atom. The van der Waals surface area contributed by atoms with Gasteiger partial charge in [0.15, 0.2) is 10.9 Å². The van der Waals surface area contributed by atoms with Crippen molar-refractivity contribution in [3.63, 3.8) is 0 Å². The largest absolute Gasteiger partial charge is 0.433 e. The number of hydrogen-bond donors (Lipinski definition) is 0. The number of furan rings is 1. The van der Waals surface area contributed by atoms with Crippen molar-refractivity contribution in [2.45, 2.75) is 0 Å². The number of likely N-dealkylation sites (N-methyl/N-ethyl adjacent to an activating group) is 1. The van der Waals surface area contributed by atoms with Gasteiger partial charge in [-0.2, -0.15) is 0 Å². The number of carbonyl (C=O) groups is 1. The molecule has 0 radical (unpaired) electrons. The molecule has 0 atom stereocenters. The molecule has 2 aromatic heterocycles. The highest BCUT2D eigenvalue weighted by atomic mass is 35.5. The van der Waals surface area contributed by atoms with Crippen molar-refractivity contribution in [1.82, 2.24) is 9.88 Å². The quantitative estimate of drug-likeness (QED) is 0.431. The molecule has 0 unspecified atom stereocenters. The second-order valence-corrected chi connectivity index (χ2v) is 7.21. The smallest absolute Gasteiger partial charge is 0.395 e. The number of halogens is 2. The van der Waals surface area contributed by atoms with Crippen LogP contribution in [-0.2, 0) is 0 Å². The zero-order valence-corrected chi connectivity index (χ0v) is 16.8. The minimum atomic E-state index is -0.680. The van der Waals surface area contributed by atoms with E-state index in [1.54, 1.807) is 18.2 Å². The van der Waals surface area contributed by atoms with Gasteiger partial charge in [0.25, 0.3) is 5.91 Å². The summed E-state index contributed by atoms with van der Waals surface area (Å²) < 4.78 is 5.91. The average molecular weight is 431 g/mol. The lowest BCUT2D eigenvalue weighted by Gasteiger charge is -2.20. The van der Waals surface area contributed by atoms with Crippen molar-refractivity contribution < 1.29 is 14.1 Å². The van der Waals surface area contributed by atoms with Crippen LogP contribution in [0.2, 0.25) is 5.02 Å². The summed E-state index contributed by atoms with van der Waals surface area (Å²) in [4.78, 5) is 30.9. The van der Waals surface area contributed by atoms with Gasteiger partial charge in [-0.25, -0.2) is 4.98 Å². The SMILES string of the molecule is CN(C)CCN(C(=O)c1ccc([N+](=O)[O-])o1)c1nc2ccc(Cl)cc2s1.Cl. The minimum Gasteiger partial charge on any atom is -0.395 e. The fraction of sp³-hybridized carbons (Fsp3) is 0.250. The van der Waals surface area contributed by atoms with Crippen LogP contribution in [0.3, 0.4) is 0 Å². The van der Waals surface area contributed by atoms with E-state index in [1.165, 1.54) is 22.3 Å². The van der Waals surface area contributed by atoms with Crippen LogP contribution in [0, 0.1) is 10.1 Å². The molecule has 0 saturated carbocycles. The summed E-state index contributed by atoms with van der Waals surface area (Å²) in [7, 11) is 3.77. The molecule has 0 N–H and O–H groups in total. The molecule has 1 aromatic carbocycles. The predicted molar refractivity (Wildman–Crippen MR) is 107 cm³/mol. The zero-order valence-electron chi connectivity index (χ0n) is 14.4. The molecule has 0 bridgehead atoms. The maximum Gasteiger partial charge on any atom is 0.433 e. The van der Waals surface area contributed by atoms with Crippen molar-refractivity contribution in [1.29, 1.82) is 0 Å². The fourth-order valence-corrected chi connectivity index (χ4v) is 3.53. The summed E-state index contributed by atoms with van der Waals surface area (Å²) in [6.45, 7) is 0.944. The number of amides is 1. The number of nitro groups is 1. The Balaban J connectivity index is 0.00000261. The first-order chi connectivity index (χ1) is 12.3. The number of nitrogens with zero attached hydrogens (tertiary/aromatic N) is 4. The summed E-state index contributed by atoms with van der Waals surface area (Å²) in [5.41, 5.74) is 0.725. The summed E-state index contributed by atoms with van der Waals surface area (Å²) in [6, 6.07) is 7.76. The lowest BCUT2D eigenvalue weighted by Crippen LogP contribution is -2.36. The molecular formula is C16H16Cl2N4O4S. The van der Waals surface area contributed by atoms with Crippen molar-refractivity contribution in [2.24, 2.45) is 0 Å². The monoisotopic (exact) mass is 430 g/mol. The molecule has 0 aliphatic carbocycles. The lowest BCUT2D eigenvalue weighted by atomic mass is 10.3. The Hall–Kier alpha value is -2.20. The highest BCUT2D eigenvalue weighted by Gasteiger charge is 2.26. The molecule has 1 amide bonds. The van der Waals surface area contributed by atoms with E-state index >= 15 is 0 Å². The van der Waals surface area contributed by atoms with Crippen LogP contribution in [0.4, 0.5) is 11.0 Å².